The lowest BCUT2D eigenvalue weighted by atomic mass is 10.1. The normalized spacial score (nSPS) is 10.7. The number of aryl methyl sites for hydroxylation is 1. The summed E-state index contributed by atoms with van der Waals surface area (Å²) in [6, 6.07) is 17.3. The number of halogens is 1. The molecule has 8 heteroatoms. The van der Waals surface area contributed by atoms with Gasteiger partial charge in [0, 0.05) is 28.2 Å². The van der Waals surface area contributed by atoms with Gasteiger partial charge in [0.25, 0.3) is 5.91 Å². The van der Waals surface area contributed by atoms with Crippen LogP contribution in [0.25, 0.3) is 10.9 Å². The first-order valence-electron chi connectivity index (χ1n) is 9.69. The number of aromatic nitrogens is 2. The summed E-state index contributed by atoms with van der Waals surface area (Å²) < 4.78 is 5.84. The molecule has 7 nitrogen and oxygen atoms in total. The van der Waals surface area contributed by atoms with Crippen LogP contribution in [0.3, 0.4) is 0 Å². The number of fused-ring (bicyclic) bond motifs is 1. The van der Waals surface area contributed by atoms with E-state index in [4.69, 9.17) is 21.4 Å². The molecule has 0 radical (unpaired) electrons. The maximum absolute atomic E-state index is 13.1. The predicted molar refractivity (Wildman–Crippen MR) is 121 cm³/mol. The second-order valence-corrected chi connectivity index (χ2v) is 7.51. The number of carboxylic acids is 1. The van der Waals surface area contributed by atoms with E-state index in [2.05, 4.69) is 15.3 Å². The van der Waals surface area contributed by atoms with Crippen LogP contribution in [0.1, 0.15) is 31.8 Å². The number of nitrogens with one attached hydrogen (secondary N) is 1. The number of pyridine rings is 2. The third-order valence-corrected chi connectivity index (χ3v) is 5.14. The molecule has 32 heavy (non-hydrogen) atoms. The Hall–Kier alpha value is -3.97. The van der Waals surface area contributed by atoms with E-state index in [1.165, 1.54) is 18.3 Å². The van der Waals surface area contributed by atoms with Crippen molar-refractivity contribution >= 4 is 40.2 Å². The second-order valence-electron chi connectivity index (χ2n) is 7.10. The van der Waals surface area contributed by atoms with E-state index < -0.39 is 11.9 Å². The van der Waals surface area contributed by atoms with Crippen molar-refractivity contribution in [2.24, 2.45) is 0 Å². The number of benzene rings is 2. The minimum atomic E-state index is -1.09. The molecule has 2 aromatic carbocycles. The number of aromatic carboxylic acids is 1. The van der Waals surface area contributed by atoms with Crippen molar-refractivity contribution in [1.82, 2.24) is 9.97 Å². The molecule has 0 saturated carbocycles. The van der Waals surface area contributed by atoms with Gasteiger partial charge in [-0.1, -0.05) is 41.4 Å². The van der Waals surface area contributed by atoms with Gasteiger partial charge in [0.1, 0.15) is 12.4 Å². The molecule has 0 bridgehead atoms. The third kappa shape index (κ3) is 4.68. The average Bonchev–Trinajstić information content (AvgIpc) is 2.78. The van der Waals surface area contributed by atoms with Crippen molar-refractivity contribution in [2.75, 3.05) is 5.32 Å². The van der Waals surface area contributed by atoms with Gasteiger partial charge in [-0.3, -0.25) is 4.79 Å². The molecular formula is C24H18ClN3O4. The molecule has 0 fully saturated rings. The fourth-order valence-electron chi connectivity index (χ4n) is 3.12. The Morgan fingerprint density at radius 3 is 2.62 bits per heavy atom. The maximum Gasteiger partial charge on any atom is 0.337 e. The van der Waals surface area contributed by atoms with Gasteiger partial charge in [-0.2, -0.15) is 0 Å². The van der Waals surface area contributed by atoms with Gasteiger partial charge >= 0.3 is 5.97 Å². The first-order chi connectivity index (χ1) is 15.4. The van der Waals surface area contributed by atoms with Gasteiger partial charge in [-0.15, -0.1) is 0 Å². The number of hydrogen-bond donors (Lipinski definition) is 2. The number of amides is 1. The van der Waals surface area contributed by atoms with Crippen LogP contribution >= 0.6 is 11.6 Å². The lowest BCUT2D eigenvalue weighted by molar-refractivity contribution is 0.0696. The number of anilines is 1. The van der Waals surface area contributed by atoms with Gasteiger partial charge < -0.3 is 15.2 Å². The van der Waals surface area contributed by atoms with E-state index in [1.807, 2.05) is 43.3 Å². The highest BCUT2D eigenvalue weighted by Crippen LogP contribution is 2.25. The highest BCUT2D eigenvalue weighted by Gasteiger charge is 2.16. The zero-order valence-electron chi connectivity index (χ0n) is 17.0. The number of carbonyl (C=O) groups excluding carboxylic acids is 1. The van der Waals surface area contributed by atoms with Crippen LogP contribution in [-0.4, -0.2) is 27.0 Å². The zero-order chi connectivity index (χ0) is 22.7. The van der Waals surface area contributed by atoms with Crippen molar-refractivity contribution < 1.29 is 19.4 Å². The second kappa shape index (κ2) is 9.03. The molecule has 0 aliphatic rings. The number of carbonyl (C=O) groups is 2. The summed E-state index contributed by atoms with van der Waals surface area (Å²) in [4.78, 5) is 32.6. The molecule has 1 amide bonds. The van der Waals surface area contributed by atoms with Crippen LogP contribution in [0.4, 0.5) is 5.82 Å². The fraction of sp³-hybridized carbons (Fsp3) is 0.0833. The summed E-state index contributed by atoms with van der Waals surface area (Å²) in [6.07, 6.45) is 1.19. The Morgan fingerprint density at radius 1 is 1.09 bits per heavy atom. The standard InChI is InChI=1S/C24H18ClN3O4/c1-14-6-8-20-17(10-14)18(23(29)28-21-9-7-15(12-26-21)24(30)31)11-22(27-20)32-13-16-4-2-3-5-19(16)25/h2-12H,13H2,1H3,(H,30,31)(H,26,28,29). The van der Waals surface area contributed by atoms with Crippen LogP contribution < -0.4 is 10.1 Å². The van der Waals surface area contributed by atoms with Crippen molar-refractivity contribution in [3.05, 3.63) is 94.1 Å². The van der Waals surface area contributed by atoms with Gasteiger partial charge in [-0.05, 0) is 37.3 Å². The molecule has 2 heterocycles. The monoisotopic (exact) mass is 447 g/mol. The van der Waals surface area contributed by atoms with Crippen molar-refractivity contribution in [1.29, 1.82) is 0 Å². The summed E-state index contributed by atoms with van der Waals surface area (Å²) in [5, 5.41) is 12.9. The van der Waals surface area contributed by atoms with Crippen molar-refractivity contribution in [2.45, 2.75) is 13.5 Å². The van der Waals surface area contributed by atoms with Gasteiger partial charge in [-0.25, -0.2) is 14.8 Å². The molecule has 4 rings (SSSR count). The molecule has 0 aliphatic heterocycles. The summed E-state index contributed by atoms with van der Waals surface area (Å²) >= 11 is 6.20. The van der Waals surface area contributed by atoms with E-state index >= 15 is 0 Å². The molecule has 2 aromatic heterocycles. The molecule has 0 saturated heterocycles. The molecule has 160 valence electrons. The average molecular weight is 448 g/mol. The van der Waals surface area contributed by atoms with Crippen LogP contribution in [0.15, 0.2) is 66.9 Å². The first kappa shape index (κ1) is 21.3. The number of rotatable bonds is 6. The van der Waals surface area contributed by atoms with E-state index in [0.29, 0.717) is 21.5 Å². The molecule has 0 spiro atoms. The Balaban J connectivity index is 1.65. The Morgan fingerprint density at radius 2 is 1.91 bits per heavy atom. The Kier molecular flexibility index (Phi) is 6.00. The molecule has 2 N–H and O–H groups in total. The minimum Gasteiger partial charge on any atom is -0.478 e. The quantitative estimate of drug-likeness (QED) is 0.425. The fourth-order valence-corrected chi connectivity index (χ4v) is 3.31. The van der Waals surface area contributed by atoms with Crippen LogP contribution in [0.2, 0.25) is 5.02 Å². The van der Waals surface area contributed by atoms with E-state index in [1.54, 1.807) is 12.1 Å². The van der Waals surface area contributed by atoms with Gasteiger partial charge in [0.2, 0.25) is 5.88 Å². The lowest BCUT2D eigenvalue weighted by Gasteiger charge is -2.12. The van der Waals surface area contributed by atoms with Gasteiger partial charge in [0.15, 0.2) is 0 Å². The Labute approximate surface area is 188 Å². The van der Waals surface area contributed by atoms with E-state index in [9.17, 15) is 9.59 Å². The van der Waals surface area contributed by atoms with Crippen molar-refractivity contribution in [3.8, 4) is 5.88 Å². The SMILES string of the molecule is Cc1ccc2nc(OCc3ccccc3Cl)cc(C(=O)Nc3ccc(C(=O)O)cn3)c2c1. The smallest absolute Gasteiger partial charge is 0.337 e. The molecule has 0 unspecified atom stereocenters. The molecular weight excluding hydrogens is 430 g/mol. The maximum atomic E-state index is 13.1. The van der Waals surface area contributed by atoms with E-state index in [0.717, 1.165) is 11.1 Å². The highest BCUT2D eigenvalue weighted by molar-refractivity contribution is 6.31. The number of ether oxygens (including phenoxy) is 1. The summed E-state index contributed by atoms with van der Waals surface area (Å²) in [6.45, 7) is 2.12. The predicted octanol–water partition coefficient (Wildman–Crippen LogP) is 5.12. The van der Waals surface area contributed by atoms with Gasteiger partial charge in [0.05, 0.1) is 16.6 Å². The topological polar surface area (TPSA) is 101 Å². The summed E-state index contributed by atoms with van der Waals surface area (Å²) in [5.74, 6) is -0.996. The van der Waals surface area contributed by atoms with Crippen molar-refractivity contribution in [3.63, 3.8) is 0 Å². The molecule has 4 aromatic rings. The Bertz CT molecular complexity index is 1320. The third-order valence-electron chi connectivity index (χ3n) is 4.77. The summed E-state index contributed by atoms with van der Waals surface area (Å²) in [7, 11) is 0. The van der Waals surface area contributed by atoms with Crippen LogP contribution in [-0.2, 0) is 6.61 Å². The largest absolute Gasteiger partial charge is 0.478 e. The number of nitrogens with zero attached hydrogens (tertiary/aromatic N) is 2. The number of hydrogen-bond acceptors (Lipinski definition) is 5. The van der Waals surface area contributed by atoms with Crippen LogP contribution in [0.5, 0.6) is 5.88 Å². The highest BCUT2D eigenvalue weighted by atomic mass is 35.5. The minimum absolute atomic E-state index is 0.0308. The zero-order valence-corrected chi connectivity index (χ0v) is 17.8. The lowest BCUT2D eigenvalue weighted by Crippen LogP contribution is -2.14. The molecule has 0 aliphatic carbocycles. The van der Waals surface area contributed by atoms with Crippen LogP contribution in [0, 0.1) is 6.92 Å². The first-order valence-corrected chi connectivity index (χ1v) is 10.1. The number of carboxylic acid groups (broad SMARTS) is 1. The summed E-state index contributed by atoms with van der Waals surface area (Å²) in [5.41, 5.74) is 2.77. The molecule has 0 atom stereocenters. The van der Waals surface area contributed by atoms with E-state index in [-0.39, 0.29) is 23.9 Å².